The molecule has 7 heteroatoms. The predicted molar refractivity (Wildman–Crippen MR) is 89.8 cm³/mol. The Hall–Kier alpha value is -2.46. The number of hydrogen-bond acceptors (Lipinski definition) is 4. The van der Waals surface area contributed by atoms with E-state index in [9.17, 15) is 9.50 Å². The molecule has 0 unspecified atom stereocenters. The first-order chi connectivity index (χ1) is 11.4. The summed E-state index contributed by atoms with van der Waals surface area (Å²) < 4.78 is 13.8. The fourth-order valence-electron chi connectivity index (χ4n) is 2.44. The molecular formula is C17H14ClFN4O. The molecule has 1 heterocycles. The molecule has 0 spiro atoms. The summed E-state index contributed by atoms with van der Waals surface area (Å²) in [6.45, 7) is 1.57. The summed E-state index contributed by atoms with van der Waals surface area (Å²) >= 11 is 6.43. The summed E-state index contributed by atoms with van der Waals surface area (Å²) in [5.74, 6) is -0.185. The lowest BCUT2D eigenvalue weighted by Gasteiger charge is -2.10. The first kappa shape index (κ1) is 16.4. The molecule has 5 nitrogen and oxygen atoms in total. The number of imidazole rings is 1. The van der Waals surface area contributed by atoms with E-state index < -0.39 is 18.0 Å². The van der Waals surface area contributed by atoms with E-state index in [-0.39, 0.29) is 5.56 Å². The molecular weight excluding hydrogens is 331 g/mol. The van der Waals surface area contributed by atoms with Crippen molar-refractivity contribution in [2.75, 3.05) is 0 Å². The number of fused-ring (bicyclic) bond motifs is 1. The first-order valence-corrected chi connectivity index (χ1v) is 7.62. The second-order valence-electron chi connectivity index (χ2n) is 5.52. The molecule has 24 heavy (non-hydrogen) atoms. The Bertz CT molecular complexity index is 961. The maximum absolute atomic E-state index is 13.8. The van der Waals surface area contributed by atoms with E-state index in [0.29, 0.717) is 33.0 Å². The molecule has 0 aliphatic heterocycles. The van der Waals surface area contributed by atoms with Gasteiger partial charge in [-0.1, -0.05) is 23.7 Å². The van der Waals surface area contributed by atoms with Crippen molar-refractivity contribution < 1.29 is 9.50 Å². The van der Waals surface area contributed by atoms with Crippen molar-refractivity contribution in [3.05, 3.63) is 52.6 Å². The topological polar surface area (TPSA) is 98.7 Å². The van der Waals surface area contributed by atoms with Crippen molar-refractivity contribution in [3.8, 4) is 17.2 Å². The summed E-state index contributed by atoms with van der Waals surface area (Å²) in [4.78, 5) is 7.39. The van der Waals surface area contributed by atoms with E-state index in [2.05, 4.69) is 9.97 Å². The molecule has 0 saturated heterocycles. The smallest absolute Gasteiger partial charge is 0.141 e. The Morgan fingerprint density at radius 1 is 1.38 bits per heavy atom. The van der Waals surface area contributed by atoms with Crippen LogP contribution in [0, 0.1) is 17.1 Å². The number of aromatic nitrogens is 2. The molecule has 0 aliphatic carbocycles. The van der Waals surface area contributed by atoms with E-state index in [0.717, 1.165) is 0 Å². The van der Waals surface area contributed by atoms with Crippen LogP contribution in [0.4, 0.5) is 4.39 Å². The number of benzene rings is 2. The van der Waals surface area contributed by atoms with Crippen LogP contribution in [0.3, 0.4) is 0 Å². The number of aliphatic hydroxyl groups is 1. The second kappa shape index (κ2) is 6.21. The Labute approximate surface area is 142 Å². The van der Waals surface area contributed by atoms with Crippen LogP contribution in [-0.2, 0) is 0 Å². The third-order valence-corrected chi connectivity index (χ3v) is 4.23. The number of nitrogens with zero attached hydrogens (tertiary/aromatic N) is 2. The van der Waals surface area contributed by atoms with Crippen molar-refractivity contribution in [1.82, 2.24) is 9.97 Å². The Balaban J connectivity index is 2.12. The van der Waals surface area contributed by atoms with E-state index in [1.54, 1.807) is 31.2 Å². The van der Waals surface area contributed by atoms with Gasteiger partial charge in [0.15, 0.2) is 0 Å². The summed E-state index contributed by atoms with van der Waals surface area (Å²) in [6.07, 6.45) is -0.767. The molecule has 2 aromatic carbocycles. The highest BCUT2D eigenvalue weighted by Gasteiger charge is 2.19. The lowest BCUT2D eigenvalue weighted by atomic mass is 10.0. The SMILES string of the molecule is C[C@@H](O)[C@H](N)c1nc2c(Cl)c(-c3ccc(C#N)c(F)c3)ccc2[nH]1. The summed E-state index contributed by atoms with van der Waals surface area (Å²) in [7, 11) is 0. The minimum atomic E-state index is -0.767. The molecule has 0 radical (unpaired) electrons. The van der Waals surface area contributed by atoms with Crippen molar-refractivity contribution >= 4 is 22.6 Å². The van der Waals surface area contributed by atoms with Crippen LogP contribution in [0.5, 0.6) is 0 Å². The Kier molecular flexibility index (Phi) is 4.24. The van der Waals surface area contributed by atoms with Crippen molar-refractivity contribution in [2.45, 2.75) is 19.1 Å². The standard InChI is InChI=1S/C17H14ClFN4O/c1-8(24)15(21)17-22-13-5-4-11(14(18)16(13)23-17)9-2-3-10(7-20)12(19)6-9/h2-6,8,15,24H,21H2,1H3,(H,22,23)/t8-,15+/m1/s1. The van der Waals surface area contributed by atoms with Crippen LogP contribution in [-0.4, -0.2) is 21.2 Å². The number of H-pyrrole nitrogens is 1. The van der Waals surface area contributed by atoms with Gasteiger partial charge in [0.2, 0.25) is 0 Å². The van der Waals surface area contributed by atoms with Gasteiger partial charge in [0.1, 0.15) is 23.2 Å². The fraction of sp³-hybridized carbons (Fsp3) is 0.176. The van der Waals surface area contributed by atoms with E-state index in [1.807, 2.05) is 0 Å². The van der Waals surface area contributed by atoms with Crippen molar-refractivity contribution in [3.63, 3.8) is 0 Å². The molecule has 2 atom stereocenters. The molecule has 122 valence electrons. The van der Waals surface area contributed by atoms with Gasteiger partial charge in [-0.2, -0.15) is 5.26 Å². The van der Waals surface area contributed by atoms with Crippen LogP contribution in [0.2, 0.25) is 5.02 Å². The fourth-order valence-corrected chi connectivity index (χ4v) is 2.76. The molecule has 0 bridgehead atoms. The van der Waals surface area contributed by atoms with Gasteiger partial charge in [-0.25, -0.2) is 9.37 Å². The van der Waals surface area contributed by atoms with Crippen LogP contribution >= 0.6 is 11.6 Å². The molecule has 0 amide bonds. The molecule has 3 aromatic rings. The van der Waals surface area contributed by atoms with Gasteiger partial charge in [0, 0.05) is 5.56 Å². The molecule has 0 saturated carbocycles. The van der Waals surface area contributed by atoms with E-state index in [4.69, 9.17) is 22.6 Å². The number of rotatable bonds is 3. The lowest BCUT2D eigenvalue weighted by molar-refractivity contribution is 0.161. The third kappa shape index (κ3) is 2.74. The number of aliphatic hydroxyl groups excluding tert-OH is 1. The zero-order valence-electron chi connectivity index (χ0n) is 12.7. The number of nitrogens with one attached hydrogen (secondary N) is 1. The largest absolute Gasteiger partial charge is 0.391 e. The van der Waals surface area contributed by atoms with E-state index in [1.165, 1.54) is 12.1 Å². The number of nitrogens with two attached hydrogens (primary N) is 1. The Morgan fingerprint density at radius 3 is 2.75 bits per heavy atom. The minimum absolute atomic E-state index is 0.0269. The number of aromatic amines is 1. The number of halogens is 2. The minimum Gasteiger partial charge on any atom is -0.391 e. The van der Waals surface area contributed by atoms with Crippen LogP contribution in [0.25, 0.3) is 22.2 Å². The van der Waals surface area contributed by atoms with Crippen molar-refractivity contribution in [2.24, 2.45) is 5.73 Å². The summed E-state index contributed by atoms with van der Waals surface area (Å²) in [5, 5.41) is 18.8. The first-order valence-electron chi connectivity index (χ1n) is 7.24. The van der Waals surface area contributed by atoms with Gasteiger partial charge >= 0.3 is 0 Å². The van der Waals surface area contributed by atoms with Gasteiger partial charge in [-0.3, -0.25) is 0 Å². The zero-order valence-corrected chi connectivity index (χ0v) is 13.5. The maximum Gasteiger partial charge on any atom is 0.141 e. The Morgan fingerprint density at radius 2 is 2.12 bits per heavy atom. The predicted octanol–water partition coefficient (Wildman–Crippen LogP) is 3.27. The summed E-state index contributed by atoms with van der Waals surface area (Å²) in [5.41, 5.74) is 8.16. The van der Waals surface area contributed by atoms with E-state index >= 15 is 0 Å². The molecule has 1 aromatic heterocycles. The van der Waals surface area contributed by atoms with Crippen molar-refractivity contribution in [1.29, 1.82) is 5.26 Å². The van der Waals surface area contributed by atoms with Gasteiger partial charge in [0.05, 0.1) is 28.2 Å². The van der Waals surface area contributed by atoms with Gasteiger partial charge in [0.25, 0.3) is 0 Å². The zero-order chi connectivity index (χ0) is 17.4. The molecule has 0 aliphatic rings. The maximum atomic E-state index is 13.8. The molecule has 3 rings (SSSR count). The monoisotopic (exact) mass is 344 g/mol. The highest BCUT2D eigenvalue weighted by atomic mass is 35.5. The number of nitriles is 1. The average Bonchev–Trinajstić information content (AvgIpc) is 2.99. The van der Waals surface area contributed by atoms with Crippen LogP contribution < -0.4 is 5.73 Å². The highest BCUT2D eigenvalue weighted by Crippen LogP contribution is 2.34. The highest BCUT2D eigenvalue weighted by molar-refractivity contribution is 6.37. The second-order valence-corrected chi connectivity index (χ2v) is 5.90. The van der Waals surface area contributed by atoms with Gasteiger partial charge < -0.3 is 15.8 Å². The van der Waals surface area contributed by atoms with Gasteiger partial charge in [-0.05, 0) is 30.7 Å². The van der Waals surface area contributed by atoms with Crippen LogP contribution in [0.15, 0.2) is 30.3 Å². The molecule has 0 fully saturated rings. The molecule has 4 N–H and O–H groups in total. The van der Waals surface area contributed by atoms with Gasteiger partial charge in [-0.15, -0.1) is 0 Å². The average molecular weight is 345 g/mol. The summed E-state index contributed by atoms with van der Waals surface area (Å²) in [6, 6.07) is 8.92. The normalized spacial score (nSPS) is 13.7. The number of hydrogen-bond donors (Lipinski definition) is 3. The lowest BCUT2D eigenvalue weighted by Crippen LogP contribution is -2.24. The quantitative estimate of drug-likeness (QED) is 0.679. The third-order valence-electron chi connectivity index (χ3n) is 3.85. The van der Waals surface area contributed by atoms with Crippen LogP contribution in [0.1, 0.15) is 24.4 Å².